The number of nitrogens with one attached hydrogen (secondary N) is 1. The normalized spacial score (nSPS) is 11.5. The van der Waals surface area contributed by atoms with Crippen molar-refractivity contribution in [3.05, 3.63) is 0 Å². The quantitative estimate of drug-likeness (QED) is 0.294. The van der Waals surface area contributed by atoms with E-state index in [0.29, 0.717) is 0 Å². The van der Waals surface area contributed by atoms with Gasteiger partial charge in [0.05, 0.1) is 6.54 Å². The monoisotopic (exact) mass is 248 g/mol. The first-order valence-corrected chi connectivity index (χ1v) is 4.64. The molecule has 0 aromatic carbocycles. The summed E-state index contributed by atoms with van der Waals surface area (Å²) in [5, 5.41) is 27.4. The van der Waals surface area contributed by atoms with Crippen LogP contribution in [0.3, 0.4) is 0 Å². The van der Waals surface area contributed by atoms with Crippen molar-refractivity contribution in [3.8, 4) is 0 Å². The number of carbonyl (C=O) groups excluding carboxylic acids is 2. The topological polar surface area (TPSA) is 159 Å². The Bertz CT molecular complexity index is 296. The maximum atomic E-state index is 10.9. The number of carboxylic acid groups (broad SMARTS) is 1. The Morgan fingerprint density at radius 2 is 1.94 bits per heavy atom. The molecule has 96 valence electrons. The van der Waals surface area contributed by atoms with E-state index in [1.807, 2.05) is 0 Å². The zero-order chi connectivity index (χ0) is 13.4. The van der Waals surface area contributed by atoms with Crippen LogP contribution in [0.1, 0.15) is 12.8 Å². The largest absolute Gasteiger partial charge is 0.709 e. The van der Waals surface area contributed by atoms with E-state index in [4.69, 9.17) is 20.9 Å². The van der Waals surface area contributed by atoms with Gasteiger partial charge in [0.15, 0.2) is 0 Å². The van der Waals surface area contributed by atoms with Crippen LogP contribution in [0.25, 0.3) is 0 Å². The van der Waals surface area contributed by atoms with Gasteiger partial charge in [-0.25, -0.2) is 4.79 Å². The molecule has 10 heteroatoms. The first-order valence-electron chi connectivity index (χ1n) is 4.64. The van der Waals surface area contributed by atoms with Gasteiger partial charge in [0, 0.05) is 6.42 Å². The molecule has 0 rings (SSSR count). The molecule has 0 bridgehead atoms. The van der Waals surface area contributed by atoms with E-state index in [0.717, 1.165) is 0 Å². The summed E-state index contributed by atoms with van der Waals surface area (Å²) in [4.78, 5) is 32.4. The molecule has 1 amide bonds. The minimum absolute atomic E-state index is 0.243. The maximum Gasteiger partial charge on any atom is 0.709 e. The SMILES string of the molecule is NCC(=O)N[C@@H](CCC(=O)OB(O)O)C(=O)O. The molecule has 0 radical (unpaired) electrons. The fourth-order valence-electron chi connectivity index (χ4n) is 0.949. The highest BCUT2D eigenvalue weighted by molar-refractivity contribution is 6.35. The second-order valence-electron chi connectivity index (χ2n) is 3.02. The first kappa shape index (κ1) is 15.4. The molecule has 0 heterocycles. The van der Waals surface area contributed by atoms with E-state index in [2.05, 4.69) is 9.97 Å². The summed E-state index contributed by atoms with van der Waals surface area (Å²) in [5.41, 5.74) is 4.98. The molecule has 9 nitrogen and oxygen atoms in total. The van der Waals surface area contributed by atoms with Crippen molar-refractivity contribution in [1.29, 1.82) is 0 Å². The number of hydrogen-bond donors (Lipinski definition) is 5. The van der Waals surface area contributed by atoms with Crippen LogP contribution in [0.5, 0.6) is 0 Å². The van der Waals surface area contributed by atoms with Gasteiger partial charge in [0.1, 0.15) is 6.04 Å². The number of amides is 1. The third-order valence-corrected chi connectivity index (χ3v) is 1.69. The van der Waals surface area contributed by atoms with Crippen molar-refractivity contribution in [3.63, 3.8) is 0 Å². The average molecular weight is 248 g/mol. The summed E-state index contributed by atoms with van der Waals surface area (Å²) < 4.78 is 3.95. The lowest BCUT2D eigenvalue weighted by Gasteiger charge is -2.13. The van der Waals surface area contributed by atoms with Gasteiger partial charge >= 0.3 is 13.3 Å². The average Bonchev–Trinajstić information content (AvgIpc) is 2.22. The van der Waals surface area contributed by atoms with Gasteiger partial charge in [-0.2, -0.15) is 0 Å². The molecular weight excluding hydrogens is 235 g/mol. The lowest BCUT2D eigenvalue weighted by molar-refractivity contribution is -0.142. The number of rotatable bonds is 7. The van der Waals surface area contributed by atoms with Crippen molar-refractivity contribution >= 4 is 25.2 Å². The molecule has 0 aliphatic carbocycles. The summed E-state index contributed by atoms with van der Waals surface area (Å²) in [7, 11) is -2.25. The Hall–Kier alpha value is -1.65. The molecule has 0 aliphatic heterocycles. The Morgan fingerprint density at radius 1 is 1.35 bits per heavy atom. The predicted octanol–water partition coefficient (Wildman–Crippen LogP) is -3.19. The smallest absolute Gasteiger partial charge is 0.485 e. The van der Waals surface area contributed by atoms with Gasteiger partial charge in [-0.15, -0.1) is 0 Å². The van der Waals surface area contributed by atoms with E-state index in [1.165, 1.54) is 0 Å². The predicted molar refractivity (Wildman–Crippen MR) is 54.1 cm³/mol. The van der Waals surface area contributed by atoms with Crippen molar-refractivity contribution < 1.29 is 34.2 Å². The van der Waals surface area contributed by atoms with E-state index in [1.54, 1.807) is 0 Å². The molecule has 0 saturated heterocycles. The lowest BCUT2D eigenvalue weighted by Crippen LogP contribution is -2.43. The highest BCUT2D eigenvalue weighted by Gasteiger charge is 2.22. The van der Waals surface area contributed by atoms with E-state index < -0.39 is 31.2 Å². The summed E-state index contributed by atoms with van der Waals surface area (Å²) in [5.74, 6) is -3.00. The van der Waals surface area contributed by atoms with Gasteiger partial charge in [-0.1, -0.05) is 0 Å². The number of carbonyl (C=O) groups is 3. The van der Waals surface area contributed by atoms with E-state index in [9.17, 15) is 14.4 Å². The van der Waals surface area contributed by atoms with Crippen LogP contribution in [0.4, 0.5) is 0 Å². The Kier molecular flexibility index (Phi) is 6.86. The molecule has 0 fully saturated rings. The van der Waals surface area contributed by atoms with Gasteiger partial charge in [-0.05, 0) is 6.42 Å². The van der Waals surface area contributed by atoms with Crippen LogP contribution in [-0.2, 0) is 19.0 Å². The Balaban J connectivity index is 4.14. The molecular formula is C7H13BN2O7. The summed E-state index contributed by atoms with van der Waals surface area (Å²) in [6.07, 6.45) is -0.633. The van der Waals surface area contributed by atoms with Crippen LogP contribution >= 0.6 is 0 Å². The summed E-state index contributed by atoms with van der Waals surface area (Å²) in [6, 6.07) is -1.28. The van der Waals surface area contributed by atoms with Crippen LogP contribution in [0.2, 0.25) is 0 Å². The van der Waals surface area contributed by atoms with Gasteiger partial charge in [0.2, 0.25) is 5.91 Å². The first-order chi connectivity index (χ1) is 7.86. The second-order valence-corrected chi connectivity index (χ2v) is 3.02. The maximum absolute atomic E-state index is 10.9. The van der Waals surface area contributed by atoms with Crippen LogP contribution < -0.4 is 11.1 Å². The van der Waals surface area contributed by atoms with Crippen molar-refractivity contribution in [2.75, 3.05) is 6.54 Å². The molecule has 0 spiro atoms. The fraction of sp³-hybridized carbons (Fsp3) is 0.571. The van der Waals surface area contributed by atoms with Gasteiger partial charge < -0.3 is 30.9 Å². The summed E-state index contributed by atoms with van der Waals surface area (Å²) >= 11 is 0. The van der Waals surface area contributed by atoms with Crippen molar-refractivity contribution in [2.24, 2.45) is 5.73 Å². The van der Waals surface area contributed by atoms with Crippen LogP contribution in [0.15, 0.2) is 0 Å². The molecule has 1 atom stereocenters. The number of carboxylic acids is 1. The molecule has 0 aliphatic rings. The zero-order valence-corrected chi connectivity index (χ0v) is 8.83. The zero-order valence-electron chi connectivity index (χ0n) is 8.83. The molecule has 17 heavy (non-hydrogen) atoms. The number of nitrogens with two attached hydrogens (primary N) is 1. The Morgan fingerprint density at radius 3 is 2.35 bits per heavy atom. The number of aliphatic carboxylic acids is 1. The van der Waals surface area contributed by atoms with Crippen molar-refractivity contribution in [2.45, 2.75) is 18.9 Å². The number of hydrogen-bond acceptors (Lipinski definition) is 7. The van der Waals surface area contributed by atoms with E-state index >= 15 is 0 Å². The van der Waals surface area contributed by atoms with Crippen molar-refractivity contribution in [1.82, 2.24) is 5.32 Å². The Labute approximate surface area is 96.7 Å². The molecule has 6 N–H and O–H groups in total. The molecule has 0 aromatic heterocycles. The van der Waals surface area contributed by atoms with Crippen LogP contribution in [0, 0.1) is 0 Å². The highest BCUT2D eigenvalue weighted by Crippen LogP contribution is 2.00. The third-order valence-electron chi connectivity index (χ3n) is 1.69. The minimum Gasteiger partial charge on any atom is -0.485 e. The molecule has 0 aromatic rings. The molecule has 0 saturated carbocycles. The highest BCUT2D eigenvalue weighted by atomic mass is 16.6. The van der Waals surface area contributed by atoms with Crippen LogP contribution in [-0.4, -0.2) is 52.9 Å². The fourth-order valence-corrected chi connectivity index (χ4v) is 0.949. The standard InChI is InChI=1S/C7H13BN2O7/c9-3-5(11)10-4(7(13)14)1-2-6(12)17-8(15)16/h4,15-16H,1-3,9H2,(H,10,11)(H,13,14)/t4-/m0/s1. The second kappa shape index (κ2) is 7.60. The van der Waals surface area contributed by atoms with E-state index in [-0.39, 0.29) is 19.4 Å². The van der Waals surface area contributed by atoms with Gasteiger partial charge in [0.25, 0.3) is 5.97 Å². The summed E-state index contributed by atoms with van der Waals surface area (Å²) in [6.45, 7) is -0.371. The van der Waals surface area contributed by atoms with Gasteiger partial charge in [-0.3, -0.25) is 9.59 Å². The molecule has 0 unspecified atom stereocenters. The minimum atomic E-state index is -2.25. The lowest BCUT2D eigenvalue weighted by atomic mass is 10.1. The third kappa shape index (κ3) is 7.28.